The second-order valence-corrected chi connectivity index (χ2v) is 8.51. The molecule has 0 aliphatic carbocycles. The van der Waals surface area contributed by atoms with Crippen molar-refractivity contribution in [2.45, 2.75) is 27.0 Å². The Hall–Kier alpha value is -2.89. The summed E-state index contributed by atoms with van der Waals surface area (Å²) in [7, 11) is 0. The zero-order chi connectivity index (χ0) is 23.0. The first-order chi connectivity index (χ1) is 16.1. The molecule has 0 unspecified atom stereocenters. The lowest BCUT2D eigenvalue weighted by Gasteiger charge is -2.29. The molecule has 3 aromatic rings. The van der Waals surface area contributed by atoms with Crippen molar-refractivity contribution in [2.24, 2.45) is 0 Å². The van der Waals surface area contributed by atoms with Crippen molar-refractivity contribution in [2.75, 3.05) is 43.1 Å². The molecule has 3 aromatic carbocycles. The molecular weight excluding hydrogens is 436 g/mol. The summed E-state index contributed by atoms with van der Waals surface area (Å²) in [6, 6.07) is 20.6. The second-order valence-electron chi connectivity index (χ2n) is 8.11. The molecule has 6 heteroatoms. The molecule has 0 aromatic heterocycles. The van der Waals surface area contributed by atoms with Crippen LogP contribution in [0.3, 0.4) is 0 Å². The van der Waals surface area contributed by atoms with E-state index in [0.29, 0.717) is 19.8 Å². The average Bonchev–Trinajstić information content (AvgIpc) is 2.84. The Balaban J connectivity index is 1.39. The summed E-state index contributed by atoms with van der Waals surface area (Å²) in [5.41, 5.74) is 5.51. The topological polar surface area (TPSA) is 43.0 Å². The van der Waals surface area contributed by atoms with Gasteiger partial charge in [0, 0.05) is 25.3 Å². The van der Waals surface area contributed by atoms with Crippen LogP contribution in [0.1, 0.15) is 23.6 Å². The van der Waals surface area contributed by atoms with Gasteiger partial charge in [-0.25, -0.2) is 0 Å². The van der Waals surface area contributed by atoms with E-state index in [4.69, 9.17) is 25.8 Å². The summed E-state index contributed by atoms with van der Waals surface area (Å²) >= 11 is 6.57. The molecule has 0 bridgehead atoms. The number of hydrogen-bond acceptors (Lipinski definition) is 5. The lowest BCUT2D eigenvalue weighted by molar-refractivity contribution is 0.122. The molecule has 33 heavy (non-hydrogen) atoms. The fourth-order valence-corrected chi connectivity index (χ4v) is 4.08. The van der Waals surface area contributed by atoms with Crippen LogP contribution in [-0.4, -0.2) is 32.9 Å². The van der Waals surface area contributed by atoms with Gasteiger partial charge < -0.3 is 24.4 Å². The standard InChI is InChI=1S/C27H31ClN2O3/c1-3-32-27-16-22(8-11-26(27)33-19-21-6-4-20(2)5-7-21)18-29-23-9-10-25(24(28)17-23)30-12-14-31-15-13-30/h4-11,16-17,29H,3,12-15,18-19H2,1-2H3. The van der Waals surface area contributed by atoms with E-state index in [0.717, 1.165) is 65.3 Å². The fourth-order valence-electron chi connectivity index (χ4n) is 3.78. The predicted octanol–water partition coefficient (Wildman–Crippen LogP) is 6.07. The number of hydrogen-bond donors (Lipinski definition) is 1. The first-order valence-electron chi connectivity index (χ1n) is 11.4. The first-order valence-corrected chi connectivity index (χ1v) is 11.8. The lowest BCUT2D eigenvalue weighted by atomic mass is 10.1. The first kappa shape index (κ1) is 23.3. The van der Waals surface area contributed by atoms with Gasteiger partial charge in [0.05, 0.1) is 30.5 Å². The highest BCUT2D eigenvalue weighted by Gasteiger charge is 2.14. The Morgan fingerprint density at radius 3 is 2.39 bits per heavy atom. The van der Waals surface area contributed by atoms with Gasteiger partial charge in [0.15, 0.2) is 11.5 Å². The molecule has 1 N–H and O–H groups in total. The number of aryl methyl sites for hydroxylation is 1. The third kappa shape index (κ3) is 6.34. The normalized spacial score (nSPS) is 13.6. The maximum atomic E-state index is 6.57. The van der Waals surface area contributed by atoms with Gasteiger partial charge in [-0.1, -0.05) is 47.5 Å². The number of rotatable bonds is 9. The van der Waals surface area contributed by atoms with Gasteiger partial charge in [-0.2, -0.15) is 0 Å². The highest BCUT2D eigenvalue weighted by Crippen LogP contribution is 2.31. The molecule has 0 spiro atoms. The van der Waals surface area contributed by atoms with Crippen molar-refractivity contribution in [1.82, 2.24) is 0 Å². The van der Waals surface area contributed by atoms with E-state index in [1.807, 2.05) is 25.1 Å². The smallest absolute Gasteiger partial charge is 0.161 e. The molecule has 1 saturated heterocycles. The Morgan fingerprint density at radius 2 is 1.67 bits per heavy atom. The molecular formula is C27H31ClN2O3. The van der Waals surface area contributed by atoms with Gasteiger partial charge in [-0.15, -0.1) is 0 Å². The van der Waals surface area contributed by atoms with Crippen molar-refractivity contribution in [3.63, 3.8) is 0 Å². The predicted molar refractivity (Wildman–Crippen MR) is 135 cm³/mol. The molecule has 1 aliphatic rings. The van der Waals surface area contributed by atoms with Crippen molar-refractivity contribution in [3.8, 4) is 11.5 Å². The third-order valence-corrected chi connectivity index (χ3v) is 5.92. The van der Waals surface area contributed by atoms with Crippen LogP contribution in [0.4, 0.5) is 11.4 Å². The van der Waals surface area contributed by atoms with E-state index in [1.54, 1.807) is 0 Å². The molecule has 1 heterocycles. The van der Waals surface area contributed by atoms with E-state index in [9.17, 15) is 0 Å². The van der Waals surface area contributed by atoms with Gasteiger partial charge in [0.25, 0.3) is 0 Å². The highest BCUT2D eigenvalue weighted by atomic mass is 35.5. The van der Waals surface area contributed by atoms with Crippen LogP contribution in [0, 0.1) is 6.92 Å². The van der Waals surface area contributed by atoms with Gasteiger partial charge in [-0.3, -0.25) is 0 Å². The van der Waals surface area contributed by atoms with Crippen molar-refractivity contribution >= 4 is 23.0 Å². The van der Waals surface area contributed by atoms with Crippen LogP contribution >= 0.6 is 11.6 Å². The average molecular weight is 467 g/mol. The second kappa shape index (κ2) is 11.3. The molecule has 0 atom stereocenters. The van der Waals surface area contributed by atoms with Crippen molar-refractivity contribution in [1.29, 1.82) is 0 Å². The Labute approximate surface area is 201 Å². The van der Waals surface area contributed by atoms with Crippen LogP contribution in [0.25, 0.3) is 0 Å². The van der Waals surface area contributed by atoms with Crippen molar-refractivity contribution in [3.05, 3.63) is 82.4 Å². The fraction of sp³-hybridized carbons (Fsp3) is 0.333. The molecule has 4 rings (SSSR count). The van der Waals surface area contributed by atoms with Gasteiger partial charge >= 0.3 is 0 Å². The SMILES string of the molecule is CCOc1cc(CNc2ccc(N3CCOCC3)c(Cl)c2)ccc1OCc1ccc(C)cc1. The van der Waals surface area contributed by atoms with Gasteiger partial charge in [0.2, 0.25) is 0 Å². The van der Waals surface area contributed by atoms with Crippen molar-refractivity contribution < 1.29 is 14.2 Å². The lowest BCUT2D eigenvalue weighted by Crippen LogP contribution is -2.36. The number of nitrogens with one attached hydrogen (secondary N) is 1. The number of nitrogens with zero attached hydrogens (tertiary/aromatic N) is 1. The minimum atomic E-state index is 0.506. The van der Waals surface area contributed by atoms with E-state index in [2.05, 4.69) is 59.6 Å². The molecule has 174 valence electrons. The molecule has 1 aliphatic heterocycles. The van der Waals surface area contributed by atoms with Gasteiger partial charge in [0.1, 0.15) is 6.61 Å². The summed E-state index contributed by atoms with van der Waals surface area (Å²) in [5, 5.41) is 4.21. The molecule has 5 nitrogen and oxygen atoms in total. The largest absolute Gasteiger partial charge is 0.490 e. The van der Waals surface area contributed by atoms with E-state index < -0.39 is 0 Å². The Bertz CT molecular complexity index is 1050. The number of halogens is 1. The number of benzene rings is 3. The maximum absolute atomic E-state index is 6.57. The molecule has 0 saturated carbocycles. The Morgan fingerprint density at radius 1 is 0.909 bits per heavy atom. The van der Waals surface area contributed by atoms with Crippen LogP contribution in [0.5, 0.6) is 11.5 Å². The van der Waals surface area contributed by atoms with Crippen LogP contribution in [-0.2, 0) is 17.9 Å². The van der Waals surface area contributed by atoms with Crippen LogP contribution < -0.4 is 19.7 Å². The minimum absolute atomic E-state index is 0.506. The number of ether oxygens (including phenoxy) is 3. The van der Waals surface area contributed by atoms with E-state index >= 15 is 0 Å². The highest BCUT2D eigenvalue weighted by molar-refractivity contribution is 6.33. The molecule has 0 amide bonds. The monoisotopic (exact) mass is 466 g/mol. The quantitative estimate of drug-likeness (QED) is 0.414. The zero-order valence-electron chi connectivity index (χ0n) is 19.3. The van der Waals surface area contributed by atoms with E-state index in [1.165, 1.54) is 5.56 Å². The summed E-state index contributed by atoms with van der Waals surface area (Å²) in [6.07, 6.45) is 0. The minimum Gasteiger partial charge on any atom is -0.490 e. The zero-order valence-corrected chi connectivity index (χ0v) is 20.0. The van der Waals surface area contributed by atoms with E-state index in [-0.39, 0.29) is 0 Å². The summed E-state index contributed by atoms with van der Waals surface area (Å²) in [5.74, 6) is 1.50. The maximum Gasteiger partial charge on any atom is 0.161 e. The number of morpholine rings is 1. The van der Waals surface area contributed by atoms with Crippen LogP contribution in [0.2, 0.25) is 5.02 Å². The summed E-state index contributed by atoms with van der Waals surface area (Å²) in [6.45, 7) is 9.01. The Kier molecular flexibility index (Phi) is 7.97. The summed E-state index contributed by atoms with van der Waals surface area (Å²) in [4.78, 5) is 2.26. The van der Waals surface area contributed by atoms with Gasteiger partial charge in [-0.05, 0) is 55.3 Å². The third-order valence-electron chi connectivity index (χ3n) is 5.62. The number of anilines is 2. The molecule has 0 radical (unpaired) electrons. The summed E-state index contributed by atoms with van der Waals surface area (Å²) < 4.78 is 17.3. The molecule has 1 fully saturated rings. The van der Waals surface area contributed by atoms with Crippen LogP contribution in [0.15, 0.2) is 60.7 Å².